The highest BCUT2D eigenvalue weighted by Crippen LogP contribution is 2.27. The molecule has 12 heteroatoms. The maximum atomic E-state index is 13.1. The summed E-state index contributed by atoms with van der Waals surface area (Å²) in [5.74, 6) is -0.888. The number of likely N-dealkylation sites (tertiary alicyclic amines) is 1. The number of esters is 1. The van der Waals surface area contributed by atoms with Gasteiger partial charge in [-0.1, -0.05) is 0 Å². The predicted octanol–water partition coefficient (Wildman–Crippen LogP) is 1.27. The third-order valence-electron chi connectivity index (χ3n) is 5.67. The van der Waals surface area contributed by atoms with Crippen LogP contribution in [0.25, 0.3) is 0 Å². The van der Waals surface area contributed by atoms with E-state index in [2.05, 4.69) is 4.74 Å². The van der Waals surface area contributed by atoms with E-state index in [1.807, 2.05) is 0 Å². The van der Waals surface area contributed by atoms with Crippen LogP contribution in [0.3, 0.4) is 0 Å². The second-order valence-electron chi connectivity index (χ2n) is 7.51. The third-order valence-corrected chi connectivity index (χ3v) is 8.99. The van der Waals surface area contributed by atoms with Crippen molar-refractivity contribution in [1.82, 2.24) is 14.1 Å². The van der Waals surface area contributed by atoms with Gasteiger partial charge in [-0.15, -0.1) is 11.3 Å². The molecule has 32 heavy (non-hydrogen) atoms. The van der Waals surface area contributed by atoms with E-state index in [-0.39, 0.29) is 53.5 Å². The number of methoxy groups -OCH3 is 1. The molecule has 1 atom stereocenters. The Hall–Kier alpha value is -2.70. The van der Waals surface area contributed by atoms with Crippen LogP contribution in [-0.4, -0.2) is 86.2 Å². The number of hydrogen-bond donors (Lipinski definition) is 0. The summed E-state index contributed by atoms with van der Waals surface area (Å²) >= 11 is 0.959. The second kappa shape index (κ2) is 9.04. The third kappa shape index (κ3) is 4.17. The SMILES string of the molecule is COC(=O)c1csc(S(=O)(=O)N2CCN(C(=O)[C@@H]3CCCN3C(=O)c3ccco3)CC2)c1. The van der Waals surface area contributed by atoms with Crippen LogP contribution in [0.2, 0.25) is 0 Å². The van der Waals surface area contributed by atoms with Crippen LogP contribution in [0.1, 0.15) is 33.8 Å². The Kier molecular flexibility index (Phi) is 6.35. The highest BCUT2D eigenvalue weighted by atomic mass is 32.2. The number of hydrogen-bond acceptors (Lipinski definition) is 8. The molecule has 2 saturated heterocycles. The first-order valence-corrected chi connectivity index (χ1v) is 12.4. The van der Waals surface area contributed by atoms with Crippen LogP contribution in [0.4, 0.5) is 0 Å². The molecular weight excluding hydrogens is 458 g/mol. The average Bonchev–Trinajstić information content (AvgIpc) is 3.58. The number of thiophene rings is 1. The average molecular weight is 482 g/mol. The van der Waals surface area contributed by atoms with E-state index in [0.717, 1.165) is 17.8 Å². The molecule has 2 fully saturated rings. The smallest absolute Gasteiger partial charge is 0.338 e. The zero-order valence-corrected chi connectivity index (χ0v) is 19.1. The lowest BCUT2D eigenvalue weighted by Crippen LogP contribution is -2.55. The first-order valence-electron chi connectivity index (χ1n) is 10.1. The standard InChI is InChI=1S/C20H23N3O7S2/c1-29-20(26)14-12-17(31-13-14)32(27,28)22-9-7-21(8-10-22)18(24)15-4-2-6-23(15)19(25)16-5-3-11-30-16/h3,5,11-13,15H,2,4,6-10H2,1H3/t15-/m0/s1. The number of nitrogens with zero attached hydrogens (tertiary/aromatic N) is 3. The van der Waals surface area contributed by atoms with Crippen LogP contribution in [0.5, 0.6) is 0 Å². The minimum atomic E-state index is -3.78. The van der Waals surface area contributed by atoms with Crippen molar-refractivity contribution in [1.29, 1.82) is 0 Å². The Balaban J connectivity index is 1.39. The molecule has 0 unspecified atom stereocenters. The molecule has 4 rings (SSSR count). The zero-order valence-electron chi connectivity index (χ0n) is 17.4. The monoisotopic (exact) mass is 481 g/mol. The Labute approximate surface area is 189 Å². The minimum Gasteiger partial charge on any atom is -0.465 e. The number of rotatable bonds is 5. The maximum absolute atomic E-state index is 13.1. The molecule has 0 saturated carbocycles. The van der Waals surface area contributed by atoms with Crippen molar-refractivity contribution in [2.75, 3.05) is 39.8 Å². The van der Waals surface area contributed by atoms with E-state index in [9.17, 15) is 22.8 Å². The maximum Gasteiger partial charge on any atom is 0.338 e. The molecule has 0 bridgehead atoms. The van der Waals surface area contributed by atoms with Gasteiger partial charge in [-0.2, -0.15) is 4.31 Å². The summed E-state index contributed by atoms with van der Waals surface area (Å²) < 4.78 is 37.0. The van der Waals surface area contributed by atoms with Gasteiger partial charge in [0.2, 0.25) is 5.91 Å². The quantitative estimate of drug-likeness (QED) is 0.590. The number of ether oxygens (including phenoxy) is 1. The van der Waals surface area contributed by atoms with Crippen molar-refractivity contribution in [3.63, 3.8) is 0 Å². The van der Waals surface area contributed by atoms with Crippen LogP contribution < -0.4 is 0 Å². The fourth-order valence-corrected chi connectivity index (χ4v) is 6.70. The van der Waals surface area contributed by atoms with E-state index in [1.54, 1.807) is 17.0 Å². The van der Waals surface area contributed by atoms with Crippen LogP contribution >= 0.6 is 11.3 Å². The van der Waals surface area contributed by atoms with Gasteiger partial charge in [-0.3, -0.25) is 9.59 Å². The molecule has 2 amide bonds. The highest BCUT2D eigenvalue weighted by molar-refractivity contribution is 7.91. The molecule has 2 aromatic rings. The van der Waals surface area contributed by atoms with Gasteiger partial charge in [0, 0.05) is 38.1 Å². The van der Waals surface area contributed by atoms with E-state index in [0.29, 0.717) is 13.0 Å². The molecule has 172 valence electrons. The van der Waals surface area contributed by atoms with E-state index in [4.69, 9.17) is 4.42 Å². The molecule has 2 aliphatic rings. The summed E-state index contributed by atoms with van der Waals surface area (Å²) in [5, 5.41) is 1.45. The molecule has 0 N–H and O–H groups in total. The molecular formula is C20H23N3O7S2. The Morgan fingerprint density at radius 2 is 1.91 bits per heavy atom. The fourth-order valence-electron chi connectivity index (χ4n) is 3.97. The zero-order chi connectivity index (χ0) is 22.9. The molecule has 0 aromatic carbocycles. The van der Waals surface area contributed by atoms with Gasteiger partial charge in [-0.25, -0.2) is 13.2 Å². The molecule has 0 radical (unpaired) electrons. The number of carbonyl (C=O) groups excluding carboxylic acids is 3. The molecule has 0 spiro atoms. The van der Waals surface area contributed by atoms with Gasteiger partial charge in [0.1, 0.15) is 10.3 Å². The largest absolute Gasteiger partial charge is 0.465 e. The van der Waals surface area contributed by atoms with Gasteiger partial charge < -0.3 is 19.0 Å². The van der Waals surface area contributed by atoms with Crippen molar-refractivity contribution in [2.45, 2.75) is 23.1 Å². The van der Waals surface area contributed by atoms with E-state index >= 15 is 0 Å². The van der Waals surface area contributed by atoms with E-state index in [1.165, 1.54) is 34.0 Å². The lowest BCUT2D eigenvalue weighted by molar-refractivity contribution is -0.136. The molecule has 0 aliphatic carbocycles. The summed E-state index contributed by atoms with van der Waals surface area (Å²) in [6.07, 6.45) is 2.70. The normalized spacial score (nSPS) is 19.8. The number of sulfonamides is 1. The molecule has 10 nitrogen and oxygen atoms in total. The van der Waals surface area contributed by atoms with Gasteiger partial charge in [0.15, 0.2) is 5.76 Å². The van der Waals surface area contributed by atoms with Crippen molar-refractivity contribution in [3.05, 3.63) is 41.2 Å². The van der Waals surface area contributed by atoms with Crippen LogP contribution in [0, 0.1) is 0 Å². The summed E-state index contributed by atoms with van der Waals surface area (Å²) in [7, 11) is -2.54. The predicted molar refractivity (Wildman–Crippen MR) is 114 cm³/mol. The lowest BCUT2D eigenvalue weighted by atomic mass is 10.1. The summed E-state index contributed by atoms with van der Waals surface area (Å²) in [4.78, 5) is 40.5. The Bertz CT molecular complexity index is 1100. The van der Waals surface area contributed by atoms with Crippen LogP contribution in [-0.2, 0) is 19.6 Å². The van der Waals surface area contributed by atoms with Gasteiger partial charge >= 0.3 is 5.97 Å². The number of piperazine rings is 1. The first kappa shape index (κ1) is 22.5. The van der Waals surface area contributed by atoms with Crippen molar-refractivity contribution >= 4 is 39.1 Å². The number of carbonyl (C=O) groups is 3. The highest BCUT2D eigenvalue weighted by Gasteiger charge is 2.39. The van der Waals surface area contributed by atoms with Gasteiger partial charge in [-0.05, 0) is 31.0 Å². The van der Waals surface area contributed by atoms with Crippen molar-refractivity contribution in [3.8, 4) is 0 Å². The Morgan fingerprint density at radius 3 is 2.56 bits per heavy atom. The van der Waals surface area contributed by atoms with Crippen molar-refractivity contribution < 1.29 is 32.0 Å². The lowest BCUT2D eigenvalue weighted by Gasteiger charge is -2.36. The van der Waals surface area contributed by atoms with E-state index < -0.39 is 22.0 Å². The fraction of sp³-hybridized carbons (Fsp3) is 0.450. The minimum absolute atomic E-state index is 0.0590. The molecule has 2 aromatic heterocycles. The summed E-state index contributed by atoms with van der Waals surface area (Å²) in [6, 6.07) is 3.93. The second-order valence-corrected chi connectivity index (χ2v) is 10.6. The number of amides is 2. The van der Waals surface area contributed by atoms with Gasteiger partial charge in [0.05, 0.1) is 18.9 Å². The Morgan fingerprint density at radius 1 is 1.16 bits per heavy atom. The topological polar surface area (TPSA) is 117 Å². The first-order chi connectivity index (χ1) is 15.3. The molecule has 2 aliphatic heterocycles. The number of furan rings is 1. The van der Waals surface area contributed by atoms with Crippen molar-refractivity contribution in [2.24, 2.45) is 0 Å². The van der Waals surface area contributed by atoms with Gasteiger partial charge in [0.25, 0.3) is 15.9 Å². The summed E-state index contributed by atoms with van der Waals surface area (Å²) in [5.41, 5.74) is 0.187. The summed E-state index contributed by atoms with van der Waals surface area (Å²) in [6.45, 7) is 1.21. The molecule has 4 heterocycles. The van der Waals surface area contributed by atoms with Crippen LogP contribution in [0.15, 0.2) is 38.5 Å².